The average molecular weight is 385 g/mol. The van der Waals surface area contributed by atoms with Crippen molar-refractivity contribution in [2.75, 3.05) is 0 Å². The van der Waals surface area contributed by atoms with Gasteiger partial charge in [0.1, 0.15) is 0 Å². The van der Waals surface area contributed by atoms with Gasteiger partial charge in [-0.1, -0.05) is 53.2 Å². The van der Waals surface area contributed by atoms with Gasteiger partial charge >= 0.3 is 0 Å². The van der Waals surface area contributed by atoms with E-state index in [4.69, 9.17) is 20.4 Å². The maximum Gasteiger partial charge on any atom is 0.277 e. The minimum Gasteiger partial charge on any atom is -0.420 e. The third kappa shape index (κ3) is 3.63. The summed E-state index contributed by atoms with van der Waals surface area (Å²) in [6.45, 7) is 2.02. The van der Waals surface area contributed by atoms with Crippen LogP contribution in [0.2, 0.25) is 5.02 Å². The third-order valence-corrected chi connectivity index (χ3v) is 4.69. The van der Waals surface area contributed by atoms with Crippen molar-refractivity contribution in [1.82, 2.24) is 20.4 Å². The number of hydrogen-bond acceptors (Lipinski definition) is 7. The Balaban J connectivity index is 1.45. The van der Waals surface area contributed by atoms with Crippen LogP contribution in [0.15, 0.2) is 62.6 Å². The molecular weight excluding hydrogens is 372 g/mol. The largest absolute Gasteiger partial charge is 0.420 e. The quantitative estimate of drug-likeness (QED) is 0.446. The third-order valence-electron chi connectivity index (χ3n) is 3.56. The van der Waals surface area contributed by atoms with Gasteiger partial charge in [-0.2, -0.15) is 0 Å². The van der Waals surface area contributed by atoms with Crippen LogP contribution in [0.1, 0.15) is 11.5 Å². The molecule has 0 atom stereocenters. The highest BCUT2D eigenvalue weighted by Crippen LogP contribution is 2.29. The summed E-state index contributed by atoms with van der Waals surface area (Å²) in [5.74, 6) is 1.75. The van der Waals surface area contributed by atoms with Crippen molar-refractivity contribution in [1.29, 1.82) is 0 Å². The number of thioether (sulfide) groups is 1. The van der Waals surface area contributed by atoms with Crippen molar-refractivity contribution in [2.24, 2.45) is 0 Å². The van der Waals surface area contributed by atoms with Crippen LogP contribution in [0.25, 0.3) is 22.9 Å². The number of halogens is 1. The fourth-order valence-corrected chi connectivity index (χ4v) is 3.16. The van der Waals surface area contributed by atoms with Gasteiger partial charge in [-0.15, -0.1) is 20.4 Å². The molecule has 4 rings (SSSR count). The first-order chi connectivity index (χ1) is 12.7. The fourth-order valence-electron chi connectivity index (χ4n) is 2.34. The number of benzene rings is 2. The molecule has 6 nitrogen and oxygen atoms in total. The Morgan fingerprint density at radius 1 is 0.923 bits per heavy atom. The summed E-state index contributed by atoms with van der Waals surface area (Å²) >= 11 is 7.48. The van der Waals surface area contributed by atoms with Crippen molar-refractivity contribution < 1.29 is 8.83 Å². The summed E-state index contributed by atoms with van der Waals surface area (Å²) in [7, 11) is 0. The van der Waals surface area contributed by atoms with Crippen LogP contribution in [-0.4, -0.2) is 20.4 Å². The molecule has 0 aliphatic heterocycles. The molecule has 2 aromatic carbocycles. The van der Waals surface area contributed by atoms with Gasteiger partial charge in [-0.25, -0.2) is 0 Å². The van der Waals surface area contributed by atoms with Gasteiger partial charge in [-0.3, -0.25) is 0 Å². The number of hydrogen-bond donors (Lipinski definition) is 0. The van der Waals surface area contributed by atoms with Gasteiger partial charge in [0, 0.05) is 5.56 Å². The molecule has 0 unspecified atom stereocenters. The molecule has 0 aliphatic rings. The highest BCUT2D eigenvalue weighted by molar-refractivity contribution is 7.98. The van der Waals surface area contributed by atoms with E-state index in [0.29, 0.717) is 39.2 Å². The molecule has 0 radical (unpaired) electrons. The van der Waals surface area contributed by atoms with E-state index in [9.17, 15) is 0 Å². The number of aromatic nitrogens is 4. The second-order valence-corrected chi connectivity index (χ2v) is 6.85. The zero-order valence-electron chi connectivity index (χ0n) is 13.7. The molecule has 0 amide bonds. The van der Waals surface area contributed by atoms with E-state index in [0.717, 1.165) is 11.1 Å². The molecule has 0 saturated heterocycles. The molecule has 0 N–H and O–H groups in total. The molecule has 130 valence electrons. The molecule has 4 aromatic rings. The Bertz CT molecular complexity index is 1050. The van der Waals surface area contributed by atoms with E-state index in [1.165, 1.54) is 11.8 Å². The lowest BCUT2D eigenvalue weighted by Crippen LogP contribution is -1.80. The second kappa shape index (κ2) is 7.31. The summed E-state index contributed by atoms with van der Waals surface area (Å²) in [6, 6.07) is 15.2. The molecule has 0 aliphatic carbocycles. The lowest BCUT2D eigenvalue weighted by molar-refractivity contribution is 0.464. The van der Waals surface area contributed by atoms with E-state index in [2.05, 4.69) is 20.4 Å². The van der Waals surface area contributed by atoms with Gasteiger partial charge in [-0.05, 0) is 31.2 Å². The molecule has 26 heavy (non-hydrogen) atoms. The highest BCUT2D eigenvalue weighted by Gasteiger charge is 2.14. The summed E-state index contributed by atoms with van der Waals surface area (Å²) in [4.78, 5) is 0. The first-order valence-electron chi connectivity index (χ1n) is 7.79. The van der Waals surface area contributed by atoms with Crippen molar-refractivity contribution >= 4 is 23.4 Å². The van der Waals surface area contributed by atoms with Crippen molar-refractivity contribution in [3.63, 3.8) is 0 Å². The lowest BCUT2D eigenvalue weighted by atomic mass is 10.1. The van der Waals surface area contributed by atoms with Crippen LogP contribution in [0.5, 0.6) is 0 Å². The molecular formula is C18H13ClN4O2S. The molecule has 8 heteroatoms. The molecule has 2 aromatic heterocycles. The Hall–Kier alpha value is -2.64. The normalized spacial score (nSPS) is 11.0. The summed E-state index contributed by atoms with van der Waals surface area (Å²) in [5.41, 5.74) is 2.73. The first kappa shape index (κ1) is 16.8. The second-order valence-electron chi connectivity index (χ2n) is 5.51. The van der Waals surface area contributed by atoms with Crippen molar-refractivity contribution in [3.8, 4) is 22.9 Å². The van der Waals surface area contributed by atoms with Crippen LogP contribution in [0, 0.1) is 6.92 Å². The summed E-state index contributed by atoms with van der Waals surface area (Å²) in [5, 5.41) is 17.2. The van der Waals surface area contributed by atoms with Crippen LogP contribution < -0.4 is 0 Å². The van der Waals surface area contributed by atoms with E-state index in [1.54, 1.807) is 6.07 Å². The van der Waals surface area contributed by atoms with Crippen molar-refractivity contribution in [2.45, 2.75) is 17.9 Å². The monoisotopic (exact) mass is 384 g/mol. The smallest absolute Gasteiger partial charge is 0.277 e. The highest BCUT2D eigenvalue weighted by atomic mass is 35.5. The predicted molar refractivity (Wildman–Crippen MR) is 98.8 cm³/mol. The summed E-state index contributed by atoms with van der Waals surface area (Å²) < 4.78 is 11.3. The Labute approximate surface area is 158 Å². The van der Waals surface area contributed by atoms with Gasteiger partial charge in [0.05, 0.1) is 16.3 Å². The van der Waals surface area contributed by atoms with E-state index >= 15 is 0 Å². The minimum absolute atomic E-state index is 0.386. The van der Waals surface area contributed by atoms with E-state index in [1.807, 2.05) is 49.4 Å². The summed E-state index contributed by atoms with van der Waals surface area (Å²) in [6.07, 6.45) is 0. The Morgan fingerprint density at radius 2 is 1.77 bits per heavy atom. The Kier molecular flexibility index (Phi) is 4.73. The van der Waals surface area contributed by atoms with Crippen LogP contribution >= 0.6 is 23.4 Å². The van der Waals surface area contributed by atoms with Gasteiger partial charge in [0.25, 0.3) is 5.22 Å². The fraction of sp³-hybridized carbons (Fsp3) is 0.111. The first-order valence-corrected chi connectivity index (χ1v) is 9.16. The van der Waals surface area contributed by atoms with Gasteiger partial charge < -0.3 is 8.83 Å². The zero-order valence-corrected chi connectivity index (χ0v) is 15.3. The van der Waals surface area contributed by atoms with E-state index in [-0.39, 0.29) is 0 Å². The van der Waals surface area contributed by atoms with Crippen LogP contribution in [0.4, 0.5) is 0 Å². The molecule has 0 fully saturated rings. The average Bonchev–Trinajstić information content (AvgIpc) is 3.30. The minimum atomic E-state index is 0.386. The van der Waals surface area contributed by atoms with E-state index < -0.39 is 0 Å². The number of rotatable bonds is 5. The topological polar surface area (TPSA) is 77.8 Å². The molecule has 2 heterocycles. The SMILES string of the molecule is Cc1cccc(-c2nnc(SCc3nnc(-c4ccccc4Cl)o3)o2)c1. The molecule has 0 saturated carbocycles. The van der Waals surface area contributed by atoms with Gasteiger partial charge in [0.15, 0.2) is 0 Å². The maximum atomic E-state index is 6.15. The number of aryl methyl sites for hydroxylation is 1. The van der Waals surface area contributed by atoms with Gasteiger partial charge in [0.2, 0.25) is 17.7 Å². The Morgan fingerprint density at radius 3 is 2.62 bits per heavy atom. The standard InChI is InChI=1S/C18H13ClN4O2S/c1-11-5-4-6-12(9-11)16-21-23-18(25-16)26-10-15-20-22-17(24-15)13-7-2-3-8-14(13)19/h2-9H,10H2,1H3. The molecule has 0 bridgehead atoms. The number of nitrogens with zero attached hydrogens (tertiary/aromatic N) is 4. The van der Waals surface area contributed by atoms with Crippen molar-refractivity contribution in [3.05, 3.63) is 65.0 Å². The zero-order chi connectivity index (χ0) is 17.9. The predicted octanol–water partition coefficient (Wildman–Crippen LogP) is 5.04. The van der Waals surface area contributed by atoms with Crippen LogP contribution in [-0.2, 0) is 5.75 Å². The maximum absolute atomic E-state index is 6.15. The molecule has 0 spiro atoms. The lowest BCUT2D eigenvalue weighted by Gasteiger charge is -1.97. The van der Waals surface area contributed by atoms with Crippen LogP contribution in [0.3, 0.4) is 0 Å².